The summed E-state index contributed by atoms with van der Waals surface area (Å²) in [7, 11) is 0. The van der Waals surface area contributed by atoms with Crippen LogP contribution < -0.4 is 5.73 Å². The number of imidazole rings is 1. The van der Waals surface area contributed by atoms with Gasteiger partial charge in [-0.05, 0) is 12.1 Å². The van der Waals surface area contributed by atoms with E-state index in [1.807, 2.05) is 0 Å². The lowest BCUT2D eigenvalue weighted by Crippen LogP contribution is -2.05. The van der Waals surface area contributed by atoms with Crippen molar-refractivity contribution in [1.29, 1.82) is 0 Å². The number of hydrogen-bond donors (Lipinski definition) is 1. The summed E-state index contributed by atoms with van der Waals surface area (Å²) in [6.07, 6.45) is 3.31. The molecule has 0 aliphatic rings. The Morgan fingerprint density at radius 3 is 2.87 bits per heavy atom. The highest BCUT2D eigenvalue weighted by Gasteiger charge is 2.05. The van der Waals surface area contributed by atoms with Gasteiger partial charge in [0.1, 0.15) is 5.82 Å². The fourth-order valence-electron chi connectivity index (χ4n) is 1.31. The molecule has 1 aromatic heterocycles. The van der Waals surface area contributed by atoms with E-state index in [0.29, 0.717) is 18.1 Å². The lowest BCUT2D eigenvalue weighted by Gasteiger charge is -2.06. The first-order valence-corrected chi connectivity index (χ1v) is 5.16. The molecule has 2 aromatic rings. The second-order valence-corrected chi connectivity index (χ2v) is 4.06. The van der Waals surface area contributed by atoms with Crippen molar-refractivity contribution in [1.82, 2.24) is 9.55 Å². The monoisotopic (exact) mass is 269 g/mol. The van der Waals surface area contributed by atoms with Crippen LogP contribution in [0.3, 0.4) is 0 Å². The molecule has 0 fully saturated rings. The Kier molecular flexibility index (Phi) is 2.73. The molecule has 78 valence electrons. The highest BCUT2D eigenvalue weighted by molar-refractivity contribution is 9.10. The Hall–Kier alpha value is -1.36. The molecule has 0 radical (unpaired) electrons. The number of anilines is 1. The average Bonchev–Trinajstić information content (AvgIpc) is 2.57. The van der Waals surface area contributed by atoms with Crippen LogP contribution in [0.25, 0.3) is 0 Å². The second kappa shape index (κ2) is 4.02. The van der Waals surface area contributed by atoms with E-state index in [0.717, 1.165) is 4.47 Å². The normalized spacial score (nSPS) is 10.5. The quantitative estimate of drug-likeness (QED) is 0.910. The van der Waals surface area contributed by atoms with Crippen molar-refractivity contribution in [3.8, 4) is 0 Å². The molecule has 2 N–H and O–H groups in total. The number of aromatic nitrogens is 2. The maximum atomic E-state index is 13.5. The molecule has 15 heavy (non-hydrogen) atoms. The third-order valence-electron chi connectivity index (χ3n) is 2.10. The van der Waals surface area contributed by atoms with Gasteiger partial charge in [0.15, 0.2) is 5.95 Å². The highest BCUT2D eigenvalue weighted by atomic mass is 79.9. The molecule has 1 heterocycles. The summed E-state index contributed by atoms with van der Waals surface area (Å²) in [5, 5.41) is 0. The van der Waals surface area contributed by atoms with Gasteiger partial charge in [-0.15, -0.1) is 0 Å². The van der Waals surface area contributed by atoms with Gasteiger partial charge in [-0.25, -0.2) is 9.37 Å². The van der Waals surface area contributed by atoms with E-state index in [1.165, 1.54) is 6.07 Å². The van der Waals surface area contributed by atoms with E-state index in [4.69, 9.17) is 5.73 Å². The molecule has 5 heteroatoms. The van der Waals surface area contributed by atoms with Gasteiger partial charge in [-0.1, -0.05) is 22.0 Å². The van der Waals surface area contributed by atoms with Crippen molar-refractivity contribution in [3.63, 3.8) is 0 Å². The fraction of sp³-hybridized carbons (Fsp3) is 0.100. The summed E-state index contributed by atoms with van der Waals surface area (Å²) in [6, 6.07) is 4.95. The molecule has 0 atom stereocenters. The largest absolute Gasteiger partial charge is 0.369 e. The number of nitrogens with two attached hydrogens (primary N) is 1. The van der Waals surface area contributed by atoms with Gasteiger partial charge in [-0.2, -0.15) is 0 Å². The van der Waals surface area contributed by atoms with Crippen LogP contribution in [-0.2, 0) is 6.54 Å². The van der Waals surface area contributed by atoms with Crippen LogP contribution in [0.2, 0.25) is 0 Å². The summed E-state index contributed by atoms with van der Waals surface area (Å²) < 4.78 is 15.9. The highest BCUT2D eigenvalue weighted by Crippen LogP contribution is 2.16. The summed E-state index contributed by atoms with van der Waals surface area (Å²) in [4.78, 5) is 3.87. The van der Waals surface area contributed by atoms with Crippen LogP contribution in [-0.4, -0.2) is 9.55 Å². The molecular formula is C10H9BrFN3. The second-order valence-electron chi connectivity index (χ2n) is 3.15. The topological polar surface area (TPSA) is 43.8 Å². The minimum absolute atomic E-state index is 0.252. The fourth-order valence-corrected chi connectivity index (χ4v) is 1.64. The zero-order valence-corrected chi connectivity index (χ0v) is 9.41. The first kappa shape index (κ1) is 10.2. The Labute approximate surface area is 94.9 Å². The SMILES string of the molecule is Nc1nccn1Cc1ccc(Br)cc1F. The maximum Gasteiger partial charge on any atom is 0.200 e. The van der Waals surface area contributed by atoms with Gasteiger partial charge in [0.05, 0.1) is 6.54 Å². The van der Waals surface area contributed by atoms with Crippen molar-refractivity contribution < 1.29 is 4.39 Å². The third kappa shape index (κ3) is 2.18. The van der Waals surface area contributed by atoms with Gasteiger partial charge >= 0.3 is 0 Å². The number of hydrogen-bond acceptors (Lipinski definition) is 2. The van der Waals surface area contributed by atoms with Crippen molar-refractivity contribution in [3.05, 3.63) is 46.4 Å². The lowest BCUT2D eigenvalue weighted by atomic mass is 10.2. The van der Waals surface area contributed by atoms with Crippen LogP contribution in [0.1, 0.15) is 5.56 Å². The number of halogens is 2. The van der Waals surface area contributed by atoms with Gasteiger partial charge < -0.3 is 10.3 Å². The van der Waals surface area contributed by atoms with Crippen LogP contribution in [0.15, 0.2) is 35.1 Å². The van der Waals surface area contributed by atoms with Crippen LogP contribution in [0.5, 0.6) is 0 Å². The van der Waals surface area contributed by atoms with Gasteiger partial charge in [0, 0.05) is 22.4 Å². The molecular weight excluding hydrogens is 261 g/mol. The van der Waals surface area contributed by atoms with E-state index in [-0.39, 0.29) is 5.82 Å². The van der Waals surface area contributed by atoms with Crippen LogP contribution in [0.4, 0.5) is 10.3 Å². The predicted molar refractivity (Wildman–Crippen MR) is 59.8 cm³/mol. The number of nitrogens with zero attached hydrogens (tertiary/aromatic N) is 2. The Balaban J connectivity index is 2.29. The zero-order valence-electron chi connectivity index (χ0n) is 7.82. The molecule has 0 aliphatic carbocycles. The minimum Gasteiger partial charge on any atom is -0.369 e. The van der Waals surface area contributed by atoms with Gasteiger partial charge in [0.2, 0.25) is 0 Å². The van der Waals surface area contributed by atoms with Crippen molar-refractivity contribution in [2.75, 3.05) is 5.73 Å². The number of rotatable bonds is 2. The molecule has 0 bridgehead atoms. The summed E-state index contributed by atoms with van der Waals surface area (Å²) >= 11 is 3.20. The Bertz CT molecular complexity index is 481. The third-order valence-corrected chi connectivity index (χ3v) is 2.60. The summed E-state index contributed by atoms with van der Waals surface area (Å²) in [6.45, 7) is 0.394. The average molecular weight is 270 g/mol. The molecule has 0 amide bonds. The molecule has 1 aromatic carbocycles. The molecule has 0 unspecified atom stereocenters. The molecule has 0 aliphatic heterocycles. The van der Waals surface area contributed by atoms with Crippen molar-refractivity contribution in [2.24, 2.45) is 0 Å². The van der Waals surface area contributed by atoms with Crippen molar-refractivity contribution >= 4 is 21.9 Å². The molecule has 0 spiro atoms. The molecule has 0 saturated carbocycles. The van der Waals surface area contributed by atoms with Gasteiger partial charge in [-0.3, -0.25) is 0 Å². The Morgan fingerprint density at radius 2 is 2.27 bits per heavy atom. The standard InChI is InChI=1S/C10H9BrFN3/c11-8-2-1-7(9(12)5-8)6-15-4-3-14-10(15)13/h1-5H,6H2,(H2,13,14). The summed E-state index contributed by atoms with van der Waals surface area (Å²) in [5.41, 5.74) is 6.17. The zero-order chi connectivity index (χ0) is 10.8. The summed E-state index contributed by atoms with van der Waals surface area (Å²) in [5.74, 6) is 0.134. The van der Waals surface area contributed by atoms with Crippen LogP contribution in [0, 0.1) is 5.82 Å². The van der Waals surface area contributed by atoms with Crippen LogP contribution >= 0.6 is 15.9 Å². The first-order chi connectivity index (χ1) is 7.16. The molecule has 0 saturated heterocycles. The van der Waals surface area contributed by atoms with E-state index < -0.39 is 0 Å². The molecule has 2 rings (SSSR count). The maximum absolute atomic E-state index is 13.5. The van der Waals surface area contributed by atoms with E-state index in [1.54, 1.807) is 29.1 Å². The molecule has 3 nitrogen and oxygen atoms in total. The minimum atomic E-state index is -0.252. The smallest absolute Gasteiger partial charge is 0.200 e. The lowest BCUT2D eigenvalue weighted by molar-refractivity contribution is 0.599. The number of benzene rings is 1. The first-order valence-electron chi connectivity index (χ1n) is 4.37. The Morgan fingerprint density at radius 1 is 1.47 bits per heavy atom. The van der Waals surface area contributed by atoms with Crippen molar-refractivity contribution in [2.45, 2.75) is 6.54 Å². The van der Waals surface area contributed by atoms with E-state index in [9.17, 15) is 4.39 Å². The van der Waals surface area contributed by atoms with E-state index in [2.05, 4.69) is 20.9 Å². The van der Waals surface area contributed by atoms with Gasteiger partial charge in [0.25, 0.3) is 0 Å². The number of nitrogen functional groups attached to an aromatic ring is 1. The predicted octanol–water partition coefficient (Wildman–Crippen LogP) is 2.42. The van der Waals surface area contributed by atoms with E-state index >= 15 is 0 Å².